The van der Waals surface area contributed by atoms with E-state index in [0.29, 0.717) is 13.2 Å². The molecule has 1 atom stereocenters. The molecule has 1 aromatic heterocycles. The standard InChI is InChI=1S/C12H20N2O/c1-4-12(3,9-13)15-8-11-5-10(2)6-14-7-11/h5-7H,4,8-9,13H2,1-3H3. The van der Waals surface area contributed by atoms with Crippen molar-refractivity contribution >= 4 is 0 Å². The first-order valence-electron chi connectivity index (χ1n) is 5.34. The first kappa shape index (κ1) is 12.1. The highest BCUT2D eigenvalue weighted by molar-refractivity contribution is 5.15. The maximum atomic E-state index is 5.80. The lowest BCUT2D eigenvalue weighted by Crippen LogP contribution is -2.36. The van der Waals surface area contributed by atoms with Crippen LogP contribution in [-0.4, -0.2) is 17.1 Å². The number of hydrogen-bond acceptors (Lipinski definition) is 3. The molecule has 0 aliphatic carbocycles. The van der Waals surface area contributed by atoms with E-state index in [1.807, 2.05) is 26.2 Å². The fraction of sp³-hybridized carbons (Fsp3) is 0.583. The maximum absolute atomic E-state index is 5.80. The van der Waals surface area contributed by atoms with Gasteiger partial charge in [0, 0.05) is 18.9 Å². The van der Waals surface area contributed by atoms with Gasteiger partial charge >= 0.3 is 0 Å². The summed E-state index contributed by atoms with van der Waals surface area (Å²) in [7, 11) is 0. The van der Waals surface area contributed by atoms with Gasteiger partial charge in [-0.3, -0.25) is 4.98 Å². The Hall–Kier alpha value is -0.930. The Morgan fingerprint density at radius 1 is 1.47 bits per heavy atom. The second-order valence-corrected chi connectivity index (χ2v) is 4.17. The molecule has 2 N–H and O–H groups in total. The predicted octanol–water partition coefficient (Wildman–Crippen LogP) is 2.03. The molecular weight excluding hydrogens is 188 g/mol. The van der Waals surface area contributed by atoms with Gasteiger partial charge in [0.25, 0.3) is 0 Å². The average Bonchev–Trinajstić information content (AvgIpc) is 2.26. The summed E-state index contributed by atoms with van der Waals surface area (Å²) in [6.45, 7) is 7.27. The molecule has 1 aromatic rings. The molecule has 84 valence electrons. The number of aromatic nitrogens is 1. The van der Waals surface area contributed by atoms with E-state index < -0.39 is 0 Å². The van der Waals surface area contributed by atoms with Gasteiger partial charge in [0.15, 0.2) is 0 Å². The van der Waals surface area contributed by atoms with Gasteiger partial charge in [0.2, 0.25) is 0 Å². The summed E-state index contributed by atoms with van der Waals surface area (Å²) in [4.78, 5) is 4.13. The summed E-state index contributed by atoms with van der Waals surface area (Å²) in [6.07, 6.45) is 4.59. The SMILES string of the molecule is CCC(C)(CN)OCc1cncc(C)c1. The molecule has 0 bridgehead atoms. The molecule has 0 radical (unpaired) electrons. The van der Waals surface area contributed by atoms with E-state index in [1.165, 1.54) is 0 Å². The van der Waals surface area contributed by atoms with Crippen molar-refractivity contribution in [2.75, 3.05) is 6.54 Å². The number of rotatable bonds is 5. The second kappa shape index (κ2) is 5.24. The third-order valence-corrected chi connectivity index (χ3v) is 2.70. The average molecular weight is 208 g/mol. The second-order valence-electron chi connectivity index (χ2n) is 4.17. The Morgan fingerprint density at radius 2 is 2.20 bits per heavy atom. The van der Waals surface area contributed by atoms with Gasteiger partial charge in [-0.2, -0.15) is 0 Å². The highest BCUT2D eigenvalue weighted by Gasteiger charge is 2.20. The highest BCUT2D eigenvalue weighted by atomic mass is 16.5. The normalized spacial score (nSPS) is 14.9. The number of nitrogens with zero attached hydrogens (tertiary/aromatic N) is 1. The maximum Gasteiger partial charge on any atom is 0.0778 e. The lowest BCUT2D eigenvalue weighted by atomic mass is 10.0. The van der Waals surface area contributed by atoms with Crippen LogP contribution in [0.4, 0.5) is 0 Å². The summed E-state index contributed by atoms with van der Waals surface area (Å²) in [5.41, 5.74) is 7.71. The monoisotopic (exact) mass is 208 g/mol. The lowest BCUT2D eigenvalue weighted by Gasteiger charge is -2.26. The largest absolute Gasteiger partial charge is 0.369 e. The van der Waals surface area contributed by atoms with E-state index in [-0.39, 0.29) is 5.60 Å². The summed E-state index contributed by atoms with van der Waals surface area (Å²) < 4.78 is 5.80. The Bertz CT molecular complexity index is 308. The fourth-order valence-electron chi connectivity index (χ4n) is 1.26. The van der Waals surface area contributed by atoms with Crippen molar-refractivity contribution in [2.45, 2.75) is 39.4 Å². The number of pyridine rings is 1. The number of nitrogens with two attached hydrogens (primary N) is 1. The molecule has 0 fully saturated rings. The molecule has 0 aliphatic rings. The summed E-state index contributed by atoms with van der Waals surface area (Å²) in [6, 6.07) is 2.08. The van der Waals surface area contributed by atoms with Crippen LogP contribution in [0.25, 0.3) is 0 Å². The molecule has 1 rings (SSSR count). The van der Waals surface area contributed by atoms with Crippen molar-refractivity contribution in [3.8, 4) is 0 Å². The molecule has 0 amide bonds. The Balaban J connectivity index is 2.56. The summed E-state index contributed by atoms with van der Waals surface area (Å²) >= 11 is 0. The number of hydrogen-bond donors (Lipinski definition) is 1. The van der Waals surface area contributed by atoms with Crippen LogP contribution in [0.1, 0.15) is 31.4 Å². The molecule has 3 nitrogen and oxygen atoms in total. The van der Waals surface area contributed by atoms with E-state index in [4.69, 9.17) is 10.5 Å². The van der Waals surface area contributed by atoms with Crippen molar-refractivity contribution in [2.24, 2.45) is 5.73 Å². The smallest absolute Gasteiger partial charge is 0.0778 e. The van der Waals surface area contributed by atoms with Gasteiger partial charge in [-0.05, 0) is 31.4 Å². The van der Waals surface area contributed by atoms with Crippen LogP contribution < -0.4 is 5.73 Å². The van der Waals surface area contributed by atoms with Crippen LogP contribution in [0.15, 0.2) is 18.5 Å². The minimum absolute atomic E-state index is 0.219. The van der Waals surface area contributed by atoms with Crippen molar-refractivity contribution in [1.29, 1.82) is 0 Å². The highest BCUT2D eigenvalue weighted by Crippen LogP contribution is 2.16. The van der Waals surface area contributed by atoms with Crippen molar-refractivity contribution in [1.82, 2.24) is 4.98 Å². The van der Waals surface area contributed by atoms with Crippen LogP contribution >= 0.6 is 0 Å². The third kappa shape index (κ3) is 3.61. The van der Waals surface area contributed by atoms with Gasteiger partial charge in [-0.15, -0.1) is 0 Å². The van der Waals surface area contributed by atoms with Gasteiger partial charge in [-0.1, -0.05) is 13.0 Å². The van der Waals surface area contributed by atoms with Crippen LogP contribution in [0, 0.1) is 6.92 Å². The molecule has 0 aromatic carbocycles. The van der Waals surface area contributed by atoms with Crippen LogP contribution in [0.2, 0.25) is 0 Å². The first-order valence-corrected chi connectivity index (χ1v) is 5.34. The minimum atomic E-state index is -0.219. The molecule has 0 spiro atoms. The van der Waals surface area contributed by atoms with Crippen LogP contribution in [-0.2, 0) is 11.3 Å². The van der Waals surface area contributed by atoms with Gasteiger partial charge in [-0.25, -0.2) is 0 Å². The van der Waals surface area contributed by atoms with Crippen molar-refractivity contribution < 1.29 is 4.74 Å². The Kier molecular flexibility index (Phi) is 4.24. The zero-order chi connectivity index (χ0) is 11.3. The minimum Gasteiger partial charge on any atom is -0.369 e. The summed E-state index contributed by atoms with van der Waals surface area (Å²) in [5, 5.41) is 0. The Labute approximate surface area is 91.7 Å². The molecule has 0 saturated carbocycles. The number of ether oxygens (including phenoxy) is 1. The van der Waals surface area contributed by atoms with E-state index in [1.54, 1.807) is 0 Å². The van der Waals surface area contributed by atoms with Crippen molar-refractivity contribution in [3.05, 3.63) is 29.6 Å². The van der Waals surface area contributed by atoms with Crippen molar-refractivity contribution in [3.63, 3.8) is 0 Å². The molecule has 15 heavy (non-hydrogen) atoms. The summed E-state index contributed by atoms with van der Waals surface area (Å²) in [5.74, 6) is 0. The van der Waals surface area contributed by atoms with E-state index in [9.17, 15) is 0 Å². The molecule has 1 unspecified atom stereocenters. The fourth-order valence-corrected chi connectivity index (χ4v) is 1.26. The first-order chi connectivity index (χ1) is 7.09. The molecule has 0 saturated heterocycles. The topological polar surface area (TPSA) is 48.1 Å². The van der Waals surface area contributed by atoms with Gasteiger partial charge < -0.3 is 10.5 Å². The molecule has 0 aliphatic heterocycles. The molecular formula is C12H20N2O. The predicted molar refractivity (Wildman–Crippen MR) is 61.5 cm³/mol. The molecule has 1 heterocycles. The zero-order valence-corrected chi connectivity index (χ0v) is 9.79. The third-order valence-electron chi connectivity index (χ3n) is 2.70. The Morgan fingerprint density at radius 3 is 2.73 bits per heavy atom. The number of aryl methyl sites for hydroxylation is 1. The van der Waals surface area contributed by atoms with E-state index >= 15 is 0 Å². The quantitative estimate of drug-likeness (QED) is 0.805. The van der Waals surface area contributed by atoms with Gasteiger partial charge in [0.05, 0.1) is 12.2 Å². The van der Waals surface area contributed by atoms with Crippen LogP contribution in [0.3, 0.4) is 0 Å². The van der Waals surface area contributed by atoms with E-state index in [0.717, 1.165) is 17.5 Å². The van der Waals surface area contributed by atoms with Gasteiger partial charge in [0.1, 0.15) is 0 Å². The molecule has 3 heteroatoms. The van der Waals surface area contributed by atoms with Crippen LogP contribution in [0.5, 0.6) is 0 Å². The zero-order valence-electron chi connectivity index (χ0n) is 9.79. The van der Waals surface area contributed by atoms with E-state index in [2.05, 4.69) is 18.0 Å². The lowest BCUT2D eigenvalue weighted by molar-refractivity contribution is -0.0388.